The van der Waals surface area contributed by atoms with Crippen LogP contribution >= 0.6 is 23.2 Å². The van der Waals surface area contributed by atoms with Crippen LogP contribution in [0.3, 0.4) is 0 Å². The molecule has 2 rings (SSSR count). The van der Waals surface area contributed by atoms with Crippen LogP contribution in [-0.4, -0.2) is 50.0 Å². The summed E-state index contributed by atoms with van der Waals surface area (Å²) >= 11 is 12.4. The summed E-state index contributed by atoms with van der Waals surface area (Å²) in [6.45, 7) is 7.09. The first-order valence-corrected chi connectivity index (χ1v) is 14.1. The maximum Gasteiger partial charge on any atom is 0.244 e. The molecule has 0 saturated heterocycles. The number of hydrogen-bond donors (Lipinski definition) is 1. The van der Waals surface area contributed by atoms with Gasteiger partial charge in [-0.25, -0.2) is 8.42 Å². The largest absolute Gasteiger partial charge is 0.352 e. The molecule has 0 aromatic heterocycles. The Morgan fingerprint density at radius 3 is 2.17 bits per heavy atom. The highest BCUT2D eigenvalue weighted by molar-refractivity contribution is 7.92. The van der Waals surface area contributed by atoms with Crippen LogP contribution in [0.4, 0.5) is 5.69 Å². The van der Waals surface area contributed by atoms with E-state index in [1.54, 1.807) is 49.4 Å². The Morgan fingerprint density at radius 1 is 1.03 bits per heavy atom. The van der Waals surface area contributed by atoms with Gasteiger partial charge in [0, 0.05) is 22.6 Å². The van der Waals surface area contributed by atoms with E-state index in [0.29, 0.717) is 27.7 Å². The van der Waals surface area contributed by atoms with Gasteiger partial charge in [-0.3, -0.25) is 13.9 Å². The minimum Gasteiger partial charge on any atom is -0.352 e. The molecule has 1 N–H and O–H groups in total. The smallest absolute Gasteiger partial charge is 0.244 e. The molecule has 35 heavy (non-hydrogen) atoms. The van der Waals surface area contributed by atoms with Gasteiger partial charge in [-0.1, -0.05) is 60.8 Å². The maximum absolute atomic E-state index is 13.7. The van der Waals surface area contributed by atoms with Crippen LogP contribution in [0.2, 0.25) is 10.0 Å². The van der Waals surface area contributed by atoms with Crippen molar-refractivity contribution in [2.75, 3.05) is 17.1 Å². The van der Waals surface area contributed by atoms with Gasteiger partial charge in [-0.15, -0.1) is 0 Å². The third kappa shape index (κ3) is 8.12. The van der Waals surface area contributed by atoms with Crippen LogP contribution in [0, 0.1) is 6.92 Å². The lowest BCUT2D eigenvalue weighted by molar-refractivity contribution is -0.140. The minimum absolute atomic E-state index is 0.0206. The zero-order valence-corrected chi connectivity index (χ0v) is 23.0. The van der Waals surface area contributed by atoms with Crippen molar-refractivity contribution in [1.82, 2.24) is 10.2 Å². The summed E-state index contributed by atoms with van der Waals surface area (Å²) in [6.07, 6.45) is 2.12. The van der Waals surface area contributed by atoms with E-state index in [1.165, 1.54) is 4.90 Å². The summed E-state index contributed by atoms with van der Waals surface area (Å²) in [5, 5.41) is 3.73. The Kier molecular flexibility index (Phi) is 10.4. The van der Waals surface area contributed by atoms with E-state index in [0.717, 1.165) is 22.5 Å². The normalized spacial score (nSPS) is 13.1. The highest BCUT2D eigenvalue weighted by atomic mass is 35.5. The Bertz CT molecular complexity index is 1140. The highest BCUT2D eigenvalue weighted by Crippen LogP contribution is 2.25. The van der Waals surface area contributed by atoms with E-state index in [1.807, 2.05) is 20.8 Å². The predicted molar refractivity (Wildman–Crippen MR) is 142 cm³/mol. The molecule has 0 aliphatic rings. The fourth-order valence-electron chi connectivity index (χ4n) is 3.52. The van der Waals surface area contributed by atoms with Gasteiger partial charge in [0.05, 0.1) is 11.9 Å². The molecular weight excluding hydrogens is 509 g/mol. The lowest BCUT2D eigenvalue weighted by Crippen LogP contribution is -2.53. The molecule has 0 unspecified atom stereocenters. The van der Waals surface area contributed by atoms with Crippen LogP contribution < -0.4 is 9.62 Å². The molecule has 0 aliphatic heterocycles. The number of nitrogens with one attached hydrogen (secondary N) is 1. The average Bonchev–Trinajstić information content (AvgIpc) is 2.78. The van der Waals surface area contributed by atoms with Crippen molar-refractivity contribution in [2.45, 2.75) is 59.2 Å². The molecular formula is C25H33Cl2N3O4S. The molecule has 2 aromatic rings. The van der Waals surface area contributed by atoms with E-state index in [9.17, 15) is 18.0 Å². The summed E-state index contributed by atoms with van der Waals surface area (Å²) in [6, 6.07) is 10.9. The number of anilines is 1. The summed E-state index contributed by atoms with van der Waals surface area (Å²) in [7, 11) is -3.78. The van der Waals surface area contributed by atoms with E-state index in [-0.39, 0.29) is 18.5 Å². The van der Waals surface area contributed by atoms with Gasteiger partial charge in [0.2, 0.25) is 21.8 Å². The van der Waals surface area contributed by atoms with Crippen molar-refractivity contribution in [3.63, 3.8) is 0 Å². The first kappa shape index (κ1) is 28.9. The fraction of sp³-hybridized carbons (Fsp3) is 0.440. The van der Waals surface area contributed by atoms with E-state index in [2.05, 4.69) is 5.32 Å². The van der Waals surface area contributed by atoms with Crippen LogP contribution in [0.25, 0.3) is 0 Å². The number of benzene rings is 2. The second-order valence-corrected chi connectivity index (χ2v) is 11.4. The Morgan fingerprint density at radius 2 is 1.66 bits per heavy atom. The number of aryl methyl sites for hydroxylation is 1. The van der Waals surface area contributed by atoms with Crippen molar-refractivity contribution >= 4 is 50.7 Å². The molecule has 10 heteroatoms. The third-order valence-electron chi connectivity index (χ3n) is 5.74. The molecule has 7 nitrogen and oxygen atoms in total. The molecule has 0 radical (unpaired) electrons. The van der Waals surface area contributed by atoms with Gasteiger partial charge in [0.25, 0.3) is 0 Å². The highest BCUT2D eigenvalue weighted by Gasteiger charge is 2.32. The molecule has 0 aliphatic carbocycles. The number of sulfonamides is 1. The van der Waals surface area contributed by atoms with Crippen LogP contribution in [0.15, 0.2) is 42.5 Å². The van der Waals surface area contributed by atoms with Gasteiger partial charge in [0.15, 0.2) is 0 Å². The Balaban J connectivity index is 2.46. The first-order valence-electron chi connectivity index (χ1n) is 11.5. The quantitative estimate of drug-likeness (QED) is 0.443. The molecule has 0 spiro atoms. The monoisotopic (exact) mass is 541 g/mol. The van der Waals surface area contributed by atoms with Crippen molar-refractivity contribution in [2.24, 2.45) is 0 Å². The molecule has 2 atom stereocenters. The molecule has 2 amide bonds. The molecule has 0 fully saturated rings. The minimum atomic E-state index is -3.78. The third-order valence-corrected chi connectivity index (χ3v) is 7.47. The van der Waals surface area contributed by atoms with Gasteiger partial charge in [-0.2, -0.15) is 0 Å². The molecule has 0 saturated carbocycles. The summed E-state index contributed by atoms with van der Waals surface area (Å²) < 4.78 is 26.3. The number of amides is 2. The van der Waals surface area contributed by atoms with E-state index >= 15 is 0 Å². The second kappa shape index (κ2) is 12.6. The number of rotatable bonds is 11. The number of halogens is 2. The fourth-order valence-corrected chi connectivity index (χ4v) is 4.84. The van der Waals surface area contributed by atoms with Crippen molar-refractivity contribution in [3.05, 3.63) is 63.6 Å². The number of carbonyl (C=O) groups excluding carboxylic acids is 2. The topological polar surface area (TPSA) is 86.8 Å². The van der Waals surface area contributed by atoms with Gasteiger partial charge < -0.3 is 10.2 Å². The average molecular weight is 543 g/mol. The van der Waals surface area contributed by atoms with Gasteiger partial charge >= 0.3 is 0 Å². The SMILES string of the molecule is CC[C@@H](C)NC(=O)[C@H](CC)N(Cc1ccc(Cl)cc1Cl)C(=O)CN(c1ccc(C)cc1)S(C)(=O)=O. The number of carbonyl (C=O) groups is 2. The molecule has 0 bridgehead atoms. The lowest BCUT2D eigenvalue weighted by Gasteiger charge is -2.33. The molecule has 192 valence electrons. The van der Waals surface area contributed by atoms with Crippen LogP contribution in [-0.2, 0) is 26.2 Å². The van der Waals surface area contributed by atoms with Crippen LogP contribution in [0.5, 0.6) is 0 Å². The van der Waals surface area contributed by atoms with Gasteiger partial charge in [-0.05, 0) is 56.5 Å². The Hall–Kier alpha value is -2.29. The van der Waals surface area contributed by atoms with Crippen LogP contribution in [0.1, 0.15) is 44.7 Å². The summed E-state index contributed by atoms with van der Waals surface area (Å²) in [5.41, 5.74) is 1.92. The molecule has 2 aromatic carbocycles. The zero-order valence-electron chi connectivity index (χ0n) is 20.7. The second-order valence-electron chi connectivity index (χ2n) is 8.60. The molecule has 0 heterocycles. The summed E-state index contributed by atoms with van der Waals surface area (Å²) in [5.74, 6) is -0.824. The van der Waals surface area contributed by atoms with Gasteiger partial charge in [0.1, 0.15) is 12.6 Å². The van der Waals surface area contributed by atoms with Crippen molar-refractivity contribution in [1.29, 1.82) is 0 Å². The predicted octanol–water partition coefficient (Wildman–Crippen LogP) is 4.79. The van der Waals surface area contributed by atoms with E-state index < -0.39 is 28.5 Å². The Labute approximate surface area is 218 Å². The lowest BCUT2D eigenvalue weighted by atomic mass is 10.1. The summed E-state index contributed by atoms with van der Waals surface area (Å²) in [4.78, 5) is 28.2. The van der Waals surface area contributed by atoms with E-state index in [4.69, 9.17) is 23.2 Å². The van der Waals surface area contributed by atoms with Crippen molar-refractivity contribution < 1.29 is 18.0 Å². The van der Waals surface area contributed by atoms with Crippen molar-refractivity contribution in [3.8, 4) is 0 Å². The zero-order chi connectivity index (χ0) is 26.3. The number of hydrogen-bond acceptors (Lipinski definition) is 4. The number of nitrogens with zero attached hydrogens (tertiary/aromatic N) is 2. The first-order chi connectivity index (χ1) is 16.4. The maximum atomic E-state index is 13.7. The standard InChI is InChI=1S/C25H33Cl2N3O4S/c1-6-18(4)28-25(32)23(7-2)29(15-19-10-11-20(26)14-22(19)27)24(31)16-30(35(5,33)34)21-12-8-17(3)9-13-21/h8-14,18,23H,6-7,15-16H2,1-5H3,(H,28,32)/t18-,23+/m1/s1.